The van der Waals surface area contributed by atoms with Crippen LogP contribution in [0.15, 0.2) is 18.2 Å². The molecular weight excluding hydrogens is 226 g/mol. The van der Waals surface area contributed by atoms with Gasteiger partial charge in [-0.2, -0.15) is 13.2 Å². The fraction of sp³-hybridized carbons (Fsp3) is 0.333. The maximum atomic E-state index is 12.4. The summed E-state index contributed by atoms with van der Waals surface area (Å²) in [5.74, 6) is 0. The van der Waals surface area contributed by atoms with Crippen LogP contribution in [0.5, 0.6) is 0 Å². The van der Waals surface area contributed by atoms with Crippen molar-refractivity contribution in [2.24, 2.45) is 0 Å². The van der Waals surface area contributed by atoms with E-state index in [1.165, 1.54) is 19.4 Å². The molecule has 0 atom stereocenters. The van der Waals surface area contributed by atoms with Gasteiger partial charge >= 0.3 is 6.18 Å². The number of anilines is 1. The summed E-state index contributed by atoms with van der Waals surface area (Å²) < 4.78 is 48.9. The summed E-state index contributed by atoms with van der Waals surface area (Å²) in [6, 6.07) is 3.36. The van der Waals surface area contributed by atoms with E-state index in [4.69, 9.17) is 5.73 Å². The first-order chi connectivity index (χ1) is 6.62. The van der Waals surface area contributed by atoms with Gasteiger partial charge in [0.2, 0.25) is 0 Å². The summed E-state index contributed by atoms with van der Waals surface area (Å²) in [7, 11) is -2.69. The Bertz CT molecular complexity index is 422. The summed E-state index contributed by atoms with van der Waals surface area (Å²) in [6.45, 7) is 2.83. The lowest BCUT2D eigenvalue weighted by atomic mass is 10.2. The molecule has 2 nitrogen and oxygen atoms in total. The number of alkyl halides is 3. The summed E-state index contributed by atoms with van der Waals surface area (Å²) in [4.78, 5) is 0. The molecule has 0 saturated heterocycles. The molecule has 0 fully saturated rings. The van der Waals surface area contributed by atoms with Crippen molar-refractivity contribution in [1.82, 2.24) is 0 Å². The van der Waals surface area contributed by atoms with E-state index in [0.29, 0.717) is 0 Å². The number of nitrogen functional groups attached to an aromatic ring is 1. The van der Waals surface area contributed by atoms with Crippen molar-refractivity contribution in [3.63, 3.8) is 0 Å². The second kappa shape index (κ2) is 3.56. The fourth-order valence-corrected chi connectivity index (χ4v) is 2.00. The van der Waals surface area contributed by atoms with Crippen molar-refractivity contribution in [3.8, 4) is 0 Å². The predicted molar refractivity (Wildman–Crippen MR) is 54.9 cm³/mol. The van der Waals surface area contributed by atoms with Gasteiger partial charge in [0.1, 0.15) is 7.14 Å². The first kappa shape index (κ1) is 12.1. The smallest absolute Gasteiger partial charge is 0.398 e. The predicted octanol–water partition coefficient (Wildman–Crippen LogP) is 2.54. The molecular formula is C9H11F3NOP. The van der Waals surface area contributed by atoms with Gasteiger partial charge in [-0.1, -0.05) is 0 Å². The molecule has 2 N–H and O–H groups in total. The van der Waals surface area contributed by atoms with Crippen molar-refractivity contribution >= 4 is 18.1 Å². The molecule has 0 radical (unpaired) electrons. The highest BCUT2D eigenvalue weighted by Gasteiger charge is 2.33. The highest BCUT2D eigenvalue weighted by Crippen LogP contribution is 2.39. The molecule has 0 unspecified atom stereocenters. The van der Waals surface area contributed by atoms with Crippen molar-refractivity contribution in [2.45, 2.75) is 6.18 Å². The minimum absolute atomic E-state index is 0.184. The molecule has 0 aliphatic rings. The van der Waals surface area contributed by atoms with Gasteiger partial charge in [-0.25, -0.2) is 0 Å². The van der Waals surface area contributed by atoms with Crippen molar-refractivity contribution < 1.29 is 17.7 Å². The Morgan fingerprint density at radius 1 is 1.27 bits per heavy atom. The molecule has 0 bridgehead atoms. The number of benzene rings is 1. The average Bonchev–Trinajstić information content (AvgIpc) is 2.00. The van der Waals surface area contributed by atoms with Crippen LogP contribution in [-0.4, -0.2) is 13.3 Å². The summed E-state index contributed by atoms with van der Waals surface area (Å²) in [6.07, 6.45) is -4.50. The van der Waals surface area contributed by atoms with Gasteiger partial charge in [0.05, 0.1) is 5.56 Å². The first-order valence-corrected chi connectivity index (χ1v) is 6.75. The second-order valence-electron chi connectivity index (χ2n) is 3.62. The number of nitrogens with two attached hydrogens (primary N) is 1. The first-order valence-electron chi connectivity index (χ1n) is 4.14. The zero-order valence-electron chi connectivity index (χ0n) is 8.30. The fourth-order valence-electron chi connectivity index (χ4n) is 1.12. The SMILES string of the molecule is CP(C)(=O)c1ccc(N)c(C(F)(F)F)c1. The Balaban J connectivity index is 3.36. The lowest BCUT2D eigenvalue weighted by molar-refractivity contribution is -0.136. The largest absolute Gasteiger partial charge is 0.418 e. The van der Waals surface area contributed by atoms with E-state index in [9.17, 15) is 17.7 Å². The van der Waals surface area contributed by atoms with E-state index in [0.717, 1.165) is 12.1 Å². The van der Waals surface area contributed by atoms with E-state index in [1.807, 2.05) is 0 Å². The summed E-state index contributed by atoms with van der Waals surface area (Å²) in [5.41, 5.74) is 3.93. The zero-order valence-corrected chi connectivity index (χ0v) is 9.19. The van der Waals surface area contributed by atoms with E-state index < -0.39 is 18.9 Å². The number of hydrogen-bond acceptors (Lipinski definition) is 2. The van der Waals surface area contributed by atoms with Crippen LogP contribution in [0.3, 0.4) is 0 Å². The van der Waals surface area contributed by atoms with E-state index in [2.05, 4.69) is 0 Å². The maximum absolute atomic E-state index is 12.4. The van der Waals surface area contributed by atoms with Gasteiger partial charge in [-0.15, -0.1) is 0 Å². The van der Waals surface area contributed by atoms with Crippen LogP contribution in [0.25, 0.3) is 0 Å². The number of rotatable bonds is 1. The Labute approximate surface area is 85.7 Å². The maximum Gasteiger partial charge on any atom is 0.418 e. The molecule has 1 aromatic carbocycles. The Hall–Kier alpha value is -0.960. The molecule has 15 heavy (non-hydrogen) atoms. The van der Waals surface area contributed by atoms with Crippen LogP contribution >= 0.6 is 7.14 Å². The summed E-state index contributed by atoms with van der Waals surface area (Å²) in [5, 5.41) is 0.184. The summed E-state index contributed by atoms with van der Waals surface area (Å²) >= 11 is 0. The highest BCUT2D eigenvalue weighted by atomic mass is 31.2. The molecule has 84 valence electrons. The quantitative estimate of drug-likeness (QED) is 0.602. The van der Waals surface area contributed by atoms with E-state index in [1.54, 1.807) is 0 Å². The topological polar surface area (TPSA) is 43.1 Å². The zero-order chi connectivity index (χ0) is 11.9. The molecule has 6 heteroatoms. The van der Waals surface area contributed by atoms with Gasteiger partial charge in [-0.3, -0.25) is 0 Å². The normalized spacial score (nSPS) is 12.9. The minimum atomic E-state index is -4.50. The Kier molecular flexibility index (Phi) is 2.88. The molecule has 1 aromatic rings. The average molecular weight is 237 g/mol. The third-order valence-corrected chi connectivity index (χ3v) is 3.49. The molecule has 1 rings (SSSR count). The van der Waals surface area contributed by atoms with E-state index in [-0.39, 0.29) is 11.0 Å². The number of hydrogen-bond donors (Lipinski definition) is 1. The monoisotopic (exact) mass is 237 g/mol. The molecule has 0 aliphatic heterocycles. The van der Waals surface area contributed by atoms with Gasteiger partial charge in [0, 0.05) is 11.0 Å². The molecule has 0 saturated carbocycles. The number of halogens is 3. The van der Waals surface area contributed by atoms with Crippen LogP contribution in [0.2, 0.25) is 0 Å². The van der Waals surface area contributed by atoms with Crippen LogP contribution in [-0.2, 0) is 10.7 Å². The van der Waals surface area contributed by atoms with Crippen molar-refractivity contribution in [3.05, 3.63) is 23.8 Å². The van der Waals surface area contributed by atoms with Crippen LogP contribution < -0.4 is 11.0 Å². The molecule has 0 spiro atoms. The van der Waals surface area contributed by atoms with Gasteiger partial charge in [0.25, 0.3) is 0 Å². The molecule has 0 aliphatic carbocycles. The lowest BCUT2D eigenvalue weighted by Gasteiger charge is -2.13. The minimum Gasteiger partial charge on any atom is -0.398 e. The standard InChI is InChI=1S/C9H11F3NOP/c1-15(2,14)6-3-4-8(13)7(5-6)9(10,11)12/h3-5H,13H2,1-2H3. The molecule has 0 amide bonds. The van der Waals surface area contributed by atoms with Crippen LogP contribution in [0.1, 0.15) is 5.56 Å². The Morgan fingerprint density at radius 3 is 2.20 bits per heavy atom. The van der Waals surface area contributed by atoms with E-state index >= 15 is 0 Å². The Morgan fingerprint density at radius 2 is 1.80 bits per heavy atom. The van der Waals surface area contributed by atoms with Gasteiger partial charge in [-0.05, 0) is 31.5 Å². The van der Waals surface area contributed by atoms with Gasteiger partial charge < -0.3 is 10.3 Å². The van der Waals surface area contributed by atoms with Gasteiger partial charge in [0.15, 0.2) is 0 Å². The lowest BCUT2D eigenvalue weighted by Crippen LogP contribution is -2.14. The third-order valence-electron chi connectivity index (χ3n) is 1.96. The molecule has 0 heterocycles. The van der Waals surface area contributed by atoms with Crippen LogP contribution in [0, 0.1) is 0 Å². The molecule has 0 aromatic heterocycles. The van der Waals surface area contributed by atoms with Crippen LogP contribution in [0.4, 0.5) is 18.9 Å². The second-order valence-corrected chi connectivity index (χ2v) is 6.84. The third kappa shape index (κ3) is 2.75. The highest BCUT2D eigenvalue weighted by molar-refractivity contribution is 7.70. The van der Waals surface area contributed by atoms with Crippen molar-refractivity contribution in [1.29, 1.82) is 0 Å². The van der Waals surface area contributed by atoms with Crippen molar-refractivity contribution in [2.75, 3.05) is 19.1 Å².